The van der Waals surface area contributed by atoms with Crippen molar-refractivity contribution in [3.8, 4) is 0 Å². The molecule has 33 heavy (non-hydrogen) atoms. The Balaban J connectivity index is 2.27. The minimum atomic E-state index is -4.61. The van der Waals surface area contributed by atoms with Gasteiger partial charge in [0.15, 0.2) is 0 Å². The third-order valence-electron chi connectivity index (χ3n) is 4.34. The zero-order valence-corrected chi connectivity index (χ0v) is 21.1. The van der Waals surface area contributed by atoms with Crippen molar-refractivity contribution in [2.24, 2.45) is 0 Å². The Morgan fingerprint density at radius 3 is 2.27 bits per heavy atom. The lowest BCUT2D eigenvalue weighted by molar-refractivity contribution is -0.139. The highest BCUT2D eigenvalue weighted by Crippen LogP contribution is 2.41. The highest BCUT2D eigenvalue weighted by Gasteiger charge is 2.39. The van der Waals surface area contributed by atoms with Crippen LogP contribution in [0.1, 0.15) is 34.3 Å². The topological polar surface area (TPSA) is 61.4 Å². The van der Waals surface area contributed by atoms with Crippen LogP contribution >= 0.6 is 50.7 Å². The second kappa shape index (κ2) is 11.5. The number of rotatable bonds is 5. The quantitative estimate of drug-likeness (QED) is 0.290. The first-order valence-corrected chi connectivity index (χ1v) is 11.3. The summed E-state index contributed by atoms with van der Waals surface area (Å²) in [5.74, 6) is -2.57. The summed E-state index contributed by atoms with van der Waals surface area (Å²) in [6, 6.07) is 6.11. The van der Waals surface area contributed by atoms with Crippen molar-refractivity contribution in [3.05, 3.63) is 72.6 Å². The van der Waals surface area contributed by atoms with Crippen LogP contribution in [-0.4, -0.2) is 36.7 Å². The number of nitrogens with zero attached hydrogens (tertiary/aromatic N) is 1. The summed E-state index contributed by atoms with van der Waals surface area (Å²) in [7, 11) is 1.38. The van der Waals surface area contributed by atoms with Crippen LogP contribution in [0.3, 0.4) is 0 Å². The number of hydrogen-bond donors (Lipinski definition) is 2. The average Bonchev–Trinajstić information content (AvgIpc) is 2.71. The number of urea groups is 1. The minimum absolute atomic E-state index is 0.0254. The molecule has 0 spiro atoms. The van der Waals surface area contributed by atoms with Gasteiger partial charge in [-0.05, 0) is 58.2 Å². The third kappa shape index (κ3) is 7.27. The molecule has 2 rings (SSSR count). The van der Waals surface area contributed by atoms with E-state index in [-0.39, 0.29) is 26.2 Å². The molecule has 0 saturated heterocycles. The maximum absolute atomic E-state index is 13.7. The molecule has 2 N–H and O–H groups in total. The van der Waals surface area contributed by atoms with Gasteiger partial charge < -0.3 is 5.32 Å². The molecule has 0 aliphatic carbocycles. The molecule has 0 aromatic heterocycles. The molecule has 178 valence electrons. The predicted octanol–water partition coefficient (Wildman–Crippen LogP) is 7.07. The Hall–Kier alpha value is -1.94. The summed E-state index contributed by atoms with van der Waals surface area (Å²) in [4.78, 5) is 24.1. The molecule has 12 heteroatoms. The van der Waals surface area contributed by atoms with Crippen LogP contribution in [0.25, 0.3) is 6.08 Å². The Morgan fingerprint density at radius 2 is 1.76 bits per heavy atom. The number of nitrogens with one attached hydrogen (secondary N) is 2. The molecular formula is C21H18BrCl3F3N3O2. The minimum Gasteiger partial charge on any atom is -0.337 e. The Labute approximate surface area is 212 Å². The standard InChI is InChI=1S/C21H18BrCl3F3N3O2/c1-3-29-20(33)31(2)30-19(32)13-6-4-11(8-15(13)22)5-7-14(21(26,27)28)12-9-16(23)18(25)17(24)10-12/h4-10,14H,3H2,1-2H3,(H,29,33)(H,30,32)/b7-5+. The van der Waals surface area contributed by atoms with Crippen molar-refractivity contribution in [2.45, 2.75) is 19.0 Å². The molecule has 0 heterocycles. The summed E-state index contributed by atoms with van der Waals surface area (Å²) in [5.41, 5.74) is 2.82. The van der Waals surface area contributed by atoms with Gasteiger partial charge >= 0.3 is 12.2 Å². The number of halogens is 7. The van der Waals surface area contributed by atoms with Gasteiger partial charge in [0.25, 0.3) is 5.91 Å². The lowest BCUT2D eigenvalue weighted by atomic mass is 9.97. The van der Waals surface area contributed by atoms with Crippen LogP contribution in [0.15, 0.2) is 40.9 Å². The van der Waals surface area contributed by atoms with Gasteiger partial charge in [0.2, 0.25) is 0 Å². The van der Waals surface area contributed by atoms with E-state index in [1.54, 1.807) is 6.92 Å². The molecule has 2 aromatic rings. The van der Waals surface area contributed by atoms with Gasteiger partial charge in [0.1, 0.15) is 0 Å². The van der Waals surface area contributed by atoms with E-state index >= 15 is 0 Å². The fourth-order valence-corrected chi connectivity index (χ4v) is 3.91. The highest BCUT2D eigenvalue weighted by molar-refractivity contribution is 9.10. The maximum atomic E-state index is 13.7. The number of benzene rings is 2. The van der Waals surface area contributed by atoms with E-state index in [1.807, 2.05) is 0 Å². The van der Waals surface area contributed by atoms with Crippen LogP contribution in [0.2, 0.25) is 15.1 Å². The Kier molecular flexibility index (Phi) is 9.48. The van der Waals surface area contributed by atoms with Crippen LogP contribution in [0, 0.1) is 0 Å². The second-order valence-electron chi connectivity index (χ2n) is 6.75. The SMILES string of the molecule is CCNC(=O)N(C)NC(=O)c1ccc(/C=C/C(c2cc(Cl)c(Cl)c(Cl)c2)C(F)(F)F)cc1Br. The number of allylic oxidation sites excluding steroid dienone is 1. The molecule has 0 aliphatic heterocycles. The Morgan fingerprint density at radius 1 is 1.15 bits per heavy atom. The highest BCUT2D eigenvalue weighted by atomic mass is 79.9. The van der Waals surface area contributed by atoms with Crippen molar-refractivity contribution in [2.75, 3.05) is 13.6 Å². The van der Waals surface area contributed by atoms with Gasteiger partial charge in [-0.25, -0.2) is 9.80 Å². The molecule has 5 nitrogen and oxygen atoms in total. The van der Waals surface area contributed by atoms with Crippen molar-refractivity contribution >= 4 is 68.7 Å². The molecule has 0 radical (unpaired) electrons. The summed E-state index contributed by atoms with van der Waals surface area (Å²) in [5, 5.41) is 3.32. The van der Waals surface area contributed by atoms with Gasteiger partial charge in [-0.1, -0.05) is 53.0 Å². The summed E-state index contributed by atoms with van der Waals surface area (Å²) in [6.07, 6.45) is -2.39. The zero-order valence-electron chi connectivity index (χ0n) is 17.2. The number of alkyl halides is 3. The second-order valence-corrected chi connectivity index (χ2v) is 8.80. The van der Waals surface area contributed by atoms with E-state index in [4.69, 9.17) is 34.8 Å². The average molecular weight is 588 g/mol. The normalized spacial score (nSPS) is 12.5. The van der Waals surface area contributed by atoms with Crippen LogP contribution in [0.4, 0.5) is 18.0 Å². The molecular weight excluding hydrogens is 570 g/mol. The van der Waals surface area contributed by atoms with E-state index in [0.717, 1.165) is 23.2 Å². The van der Waals surface area contributed by atoms with Crippen molar-refractivity contribution in [3.63, 3.8) is 0 Å². The molecule has 1 atom stereocenters. The van der Waals surface area contributed by atoms with Gasteiger partial charge in [-0.15, -0.1) is 0 Å². The van der Waals surface area contributed by atoms with Crippen LogP contribution in [-0.2, 0) is 0 Å². The lowest BCUT2D eigenvalue weighted by Crippen LogP contribution is -2.48. The molecule has 1 unspecified atom stereocenters. The number of carbonyl (C=O) groups excluding carboxylic acids is 2. The van der Waals surface area contributed by atoms with E-state index in [1.165, 1.54) is 31.3 Å². The Bertz CT molecular complexity index is 1060. The summed E-state index contributed by atoms with van der Waals surface area (Å²) < 4.78 is 41.4. The number of hydrogen-bond acceptors (Lipinski definition) is 2. The summed E-state index contributed by atoms with van der Waals surface area (Å²) in [6.45, 7) is 2.12. The van der Waals surface area contributed by atoms with Gasteiger partial charge in [-0.3, -0.25) is 10.2 Å². The van der Waals surface area contributed by atoms with Gasteiger partial charge in [0.05, 0.1) is 26.5 Å². The van der Waals surface area contributed by atoms with Crippen LogP contribution < -0.4 is 10.7 Å². The smallest absolute Gasteiger partial charge is 0.337 e. The third-order valence-corrected chi connectivity index (χ3v) is 6.19. The van der Waals surface area contributed by atoms with Gasteiger partial charge in [0, 0.05) is 18.1 Å². The predicted molar refractivity (Wildman–Crippen MR) is 128 cm³/mol. The van der Waals surface area contributed by atoms with E-state index in [2.05, 4.69) is 26.7 Å². The van der Waals surface area contributed by atoms with Gasteiger partial charge in [-0.2, -0.15) is 13.2 Å². The number of carbonyl (C=O) groups is 2. The fraction of sp³-hybridized carbons (Fsp3) is 0.238. The lowest BCUT2D eigenvalue weighted by Gasteiger charge is -2.19. The van der Waals surface area contributed by atoms with Crippen LogP contribution in [0.5, 0.6) is 0 Å². The molecule has 0 bridgehead atoms. The first kappa shape index (κ1) is 27.3. The molecule has 2 aromatic carbocycles. The molecule has 0 fully saturated rings. The largest absolute Gasteiger partial charge is 0.399 e. The first-order valence-electron chi connectivity index (χ1n) is 9.36. The van der Waals surface area contributed by atoms with Crippen molar-refractivity contribution < 1.29 is 22.8 Å². The zero-order chi connectivity index (χ0) is 24.9. The molecule has 0 saturated carbocycles. The molecule has 0 aliphatic rings. The fourth-order valence-electron chi connectivity index (χ4n) is 2.72. The van der Waals surface area contributed by atoms with Crippen molar-refractivity contribution in [1.82, 2.24) is 15.8 Å². The first-order chi connectivity index (χ1) is 15.3. The number of hydrazine groups is 1. The van der Waals surface area contributed by atoms with E-state index < -0.39 is 24.0 Å². The number of amides is 3. The maximum Gasteiger partial charge on any atom is 0.399 e. The monoisotopic (exact) mass is 585 g/mol. The van der Waals surface area contributed by atoms with Crippen molar-refractivity contribution in [1.29, 1.82) is 0 Å². The summed E-state index contributed by atoms with van der Waals surface area (Å²) >= 11 is 20.9. The van der Waals surface area contributed by atoms with E-state index in [0.29, 0.717) is 16.6 Å². The molecule has 3 amide bonds. The van der Waals surface area contributed by atoms with E-state index in [9.17, 15) is 22.8 Å².